The molecule has 0 bridgehead atoms. The molecule has 0 saturated heterocycles. The molecular formula is C13H18N2O. The van der Waals surface area contributed by atoms with Crippen LogP contribution in [0, 0.1) is 0 Å². The van der Waals surface area contributed by atoms with E-state index in [1.54, 1.807) is 19.0 Å². The third-order valence-corrected chi connectivity index (χ3v) is 2.17. The van der Waals surface area contributed by atoms with E-state index in [4.69, 9.17) is 0 Å². The Hall–Kier alpha value is -1.61. The van der Waals surface area contributed by atoms with Crippen LogP contribution in [0.15, 0.2) is 30.3 Å². The molecule has 3 heteroatoms. The summed E-state index contributed by atoms with van der Waals surface area (Å²) in [6.07, 6.45) is 4.03. The standard InChI is InChI=1S/C13H18N2O/c1-14-9-5-7-11-6-4-8-12(10-11)13(16)15(2)3/h4-8,10,14H,9H2,1-3H3. The normalized spacial score (nSPS) is 10.7. The lowest BCUT2D eigenvalue weighted by Gasteiger charge is -2.10. The van der Waals surface area contributed by atoms with Crippen molar-refractivity contribution in [1.29, 1.82) is 0 Å². The predicted molar refractivity (Wildman–Crippen MR) is 67.4 cm³/mol. The minimum absolute atomic E-state index is 0.0314. The molecule has 1 aromatic carbocycles. The summed E-state index contributed by atoms with van der Waals surface area (Å²) in [7, 11) is 5.41. The van der Waals surface area contributed by atoms with Crippen molar-refractivity contribution in [2.45, 2.75) is 0 Å². The van der Waals surface area contributed by atoms with Crippen LogP contribution in [0.5, 0.6) is 0 Å². The SMILES string of the molecule is CNCC=Cc1cccc(C(=O)N(C)C)c1. The van der Waals surface area contributed by atoms with Gasteiger partial charge in [-0.25, -0.2) is 0 Å². The number of hydrogen-bond acceptors (Lipinski definition) is 2. The van der Waals surface area contributed by atoms with E-state index in [1.165, 1.54) is 0 Å². The van der Waals surface area contributed by atoms with Crippen LogP contribution in [0.1, 0.15) is 15.9 Å². The van der Waals surface area contributed by atoms with Gasteiger partial charge in [0, 0.05) is 26.2 Å². The van der Waals surface area contributed by atoms with Gasteiger partial charge in [-0.2, -0.15) is 0 Å². The quantitative estimate of drug-likeness (QED) is 0.833. The van der Waals surface area contributed by atoms with Crippen LogP contribution in [-0.2, 0) is 0 Å². The molecule has 0 atom stereocenters. The lowest BCUT2D eigenvalue weighted by molar-refractivity contribution is 0.0827. The molecule has 0 saturated carbocycles. The third-order valence-electron chi connectivity index (χ3n) is 2.17. The predicted octanol–water partition coefficient (Wildman–Crippen LogP) is 1.62. The van der Waals surface area contributed by atoms with Gasteiger partial charge in [-0.05, 0) is 24.7 Å². The molecule has 86 valence electrons. The summed E-state index contributed by atoms with van der Waals surface area (Å²) in [4.78, 5) is 13.3. The number of hydrogen-bond donors (Lipinski definition) is 1. The topological polar surface area (TPSA) is 32.3 Å². The summed E-state index contributed by atoms with van der Waals surface area (Å²) < 4.78 is 0. The molecule has 3 nitrogen and oxygen atoms in total. The van der Waals surface area contributed by atoms with Crippen LogP contribution in [0.3, 0.4) is 0 Å². The third kappa shape index (κ3) is 3.51. The van der Waals surface area contributed by atoms with Gasteiger partial charge in [-0.15, -0.1) is 0 Å². The summed E-state index contributed by atoms with van der Waals surface area (Å²) in [6, 6.07) is 7.61. The molecule has 0 heterocycles. The smallest absolute Gasteiger partial charge is 0.253 e. The highest BCUT2D eigenvalue weighted by Gasteiger charge is 2.06. The van der Waals surface area contributed by atoms with Gasteiger partial charge in [-0.3, -0.25) is 4.79 Å². The lowest BCUT2D eigenvalue weighted by atomic mass is 10.1. The fraction of sp³-hybridized carbons (Fsp3) is 0.308. The van der Waals surface area contributed by atoms with Gasteiger partial charge in [-0.1, -0.05) is 24.3 Å². The highest BCUT2D eigenvalue weighted by atomic mass is 16.2. The zero-order valence-corrected chi connectivity index (χ0v) is 10.0. The van der Waals surface area contributed by atoms with Crippen molar-refractivity contribution in [2.75, 3.05) is 27.7 Å². The number of rotatable bonds is 4. The van der Waals surface area contributed by atoms with E-state index >= 15 is 0 Å². The average molecular weight is 218 g/mol. The van der Waals surface area contributed by atoms with E-state index < -0.39 is 0 Å². The highest BCUT2D eigenvalue weighted by Crippen LogP contribution is 2.08. The van der Waals surface area contributed by atoms with Gasteiger partial charge < -0.3 is 10.2 Å². The van der Waals surface area contributed by atoms with Crippen molar-refractivity contribution in [3.63, 3.8) is 0 Å². The van der Waals surface area contributed by atoms with Crippen LogP contribution >= 0.6 is 0 Å². The first-order valence-electron chi connectivity index (χ1n) is 5.28. The summed E-state index contributed by atoms with van der Waals surface area (Å²) >= 11 is 0. The second-order valence-corrected chi connectivity index (χ2v) is 3.79. The van der Waals surface area contributed by atoms with Crippen molar-refractivity contribution in [1.82, 2.24) is 10.2 Å². The Morgan fingerprint density at radius 2 is 2.19 bits per heavy atom. The van der Waals surface area contributed by atoms with Gasteiger partial charge in [0.05, 0.1) is 0 Å². The molecule has 0 radical (unpaired) electrons. The maximum absolute atomic E-state index is 11.7. The molecule has 0 fully saturated rings. The lowest BCUT2D eigenvalue weighted by Crippen LogP contribution is -2.21. The number of carbonyl (C=O) groups excluding carboxylic acids is 1. The number of amides is 1. The van der Waals surface area contributed by atoms with Crippen molar-refractivity contribution in [2.24, 2.45) is 0 Å². The van der Waals surface area contributed by atoms with Crippen LogP contribution in [0.2, 0.25) is 0 Å². The first kappa shape index (κ1) is 12.5. The summed E-state index contributed by atoms with van der Waals surface area (Å²) in [6.45, 7) is 0.825. The Balaban J connectivity index is 2.83. The fourth-order valence-corrected chi connectivity index (χ4v) is 1.35. The zero-order chi connectivity index (χ0) is 12.0. The number of likely N-dealkylation sites (N-methyl/N-ethyl adjacent to an activating group) is 1. The van der Waals surface area contributed by atoms with E-state index in [-0.39, 0.29) is 5.91 Å². The number of nitrogens with zero attached hydrogens (tertiary/aromatic N) is 1. The van der Waals surface area contributed by atoms with Crippen molar-refractivity contribution >= 4 is 12.0 Å². The Kier molecular flexibility index (Phi) is 4.73. The van der Waals surface area contributed by atoms with Crippen LogP contribution in [-0.4, -0.2) is 38.5 Å². The Bertz CT molecular complexity index is 383. The maximum atomic E-state index is 11.7. The summed E-state index contributed by atoms with van der Waals surface area (Å²) in [5.41, 5.74) is 1.76. The van der Waals surface area contributed by atoms with Crippen LogP contribution in [0.4, 0.5) is 0 Å². The largest absolute Gasteiger partial charge is 0.345 e. The van der Waals surface area contributed by atoms with E-state index in [0.29, 0.717) is 0 Å². The first-order chi connectivity index (χ1) is 7.65. The van der Waals surface area contributed by atoms with E-state index in [2.05, 4.69) is 5.32 Å². The minimum Gasteiger partial charge on any atom is -0.345 e. The van der Waals surface area contributed by atoms with E-state index in [0.717, 1.165) is 17.7 Å². The van der Waals surface area contributed by atoms with Crippen molar-refractivity contribution in [3.05, 3.63) is 41.5 Å². The number of nitrogens with one attached hydrogen (secondary N) is 1. The molecule has 1 amide bonds. The molecule has 1 N–H and O–H groups in total. The maximum Gasteiger partial charge on any atom is 0.253 e. The molecular weight excluding hydrogens is 200 g/mol. The highest BCUT2D eigenvalue weighted by molar-refractivity contribution is 5.94. The first-order valence-corrected chi connectivity index (χ1v) is 5.28. The summed E-state index contributed by atoms with van der Waals surface area (Å²) in [5, 5.41) is 3.03. The Morgan fingerprint density at radius 3 is 2.81 bits per heavy atom. The van der Waals surface area contributed by atoms with Gasteiger partial charge in [0.25, 0.3) is 5.91 Å². The monoisotopic (exact) mass is 218 g/mol. The molecule has 0 aromatic heterocycles. The average Bonchev–Trinajstić information content (AvgIpc) is 2.29. The molecule has 16 heavy (non-hydrogen) atoms. The summed E-state index contributed by atoms with van der Waals surface area (Å²) in [5.74, 6) is 0.0314. The molecule has 0 spiro atoms. The molecule has 0 aliphatic carbocycles. The Morgan fingerprint density at radius 1 is 1.44 bits per heavy atom. The fourth-order valence-electron chi connectivity index (χ4n) is 1.35. The van der Waals surface area contributed by atoms with Crippen LogP contribution < -0.4 is 5.32 Å². The van der Waals surface area contributed by atoms with Crippen molar-refractivity contribution in [3.8, 4) is 0 Å². The second kappa shape index (κ2) is 6.08. The zero-order valence-electron chi connectivity index (χ0n) is 10.0. The van der Waals surface area contributed by atoms with E-state index in [9.17, 15) is 4.79 Å². The van der Waals surface area contributed by atoms with Gasteiger partial charge in [0.2, 0.25) is 0 Å². The molecule has 1 aromatic rings. The van der Waals surface area contributed by atoms with Gasteiger partial charge in [0.1, 0.15) is 0 Å². The Labute approximate surface area is 96.8 Å². The van der Waals surface area contributed by atoms with Crippen LogP contribution in [0.25, 0.3) is 6.08 Å². The van der Waals surface area contributed by atoms with Crippen molar-refractivity contribution < 1.29 is 4.79 Å². The molecule has 0 unspecified atom stereocenters. The number of benzene rings is 1. The van der Waals surface area contributed by atoms with Gasteiger partial charge >= 0.3 is 0 Å². The minimum atomic E-state index is 0.0314. The second-order valence-electron chi connectivity index (χ2n) is 3.79. The molecule has 0 aliphatic rings. The molecule has 0 aliphatic heterocycles. The van der Waals surface area contributed by atoms with Gasteiger partial charge in [0.15, 0.2) is 0 Å². The van der Waals surface area contributed by atoms with E-state index in [1.807, 2.05) is 43.5 Å². The number of carbonyl (C=O) groups is 1. The molecule has 1 rings (SSSR count).